The van der Waals surface area contributed by atoms with Gasteiger partial charge in [-0.25, -0.2) is 4.68 Å². The molecule has 86 valence electrons. The fraction of sp³-hybridized carbons (Fsp3) is 0.818. The Balaban J connectivity index is 2.49. The van der Waals surface area contributed by atoms with Gasteiger partial charge < -0.3 is 5.73 Å². The van der Waals surface area contributed by atoms with Crippen LogP contribution in [0, 0.1) is 0 Å². The van der Waals surface area contributed by atoms with Gasteiger partial charge in [0, 0.05) is 13.1 Å². The molecule has 0 radical (unpaired) electrons. The zero-order chi connectivity index (χ0) is 11.1. The van der Waals surface area contributed by atoms with Gasteiger partial charge in [-0.1, -0.05) is 38.3 Å². The van der Waals surface area contributed by atoms with Crippen molar-refractivity contribution in [2.75, 3.05) is 0 Å². The minimum Gasteiger partial charge on any atom is -0.325 e. The van der Waals surface area contributed by atoms with Crippen molar-refractivity contribution in [3.63, 3.8) is 0 Å². The molecule has 4 nitrogen and oxygen atoms in total. The Kier molecular flexibility index (Phi) is 5.32. The lowest BCUT2D eigenvalue weighted by Crippen LogP contribution is -2.07. The maximum atomic E-state index is 5.60. The van der Waals surface area contributed by atoms with E-state index in [1.807, 2.05) is 4.68 Å². The van der Waals surface area contributed by atoms with E-state index in [-0.39, 0.29) is 0 Å². The number of unbranched alkanes of at least 4 members (excludes halogenated alkanes) is 3. The fourth-order valence-corrected chi connectivity index (χ4v) is 1.78. The van der Waals surface area contributed by atoms with E-state index in [9.17, 15) is 0 Å². The number of nitrogens with two attached hydrogens (primary N) is 1. The summed E-state index contributed by atoms with van der Waals surface area (Å²) < 4.78 is 2.01. The Labute approximate surface area is 91.9 Å². The van der Waals surface area contributed by atoms with Crippen LogP contribution in [0.25, 0.3) is 0 Å². The first-order valence-electron chi connectivity index (χ1n) is 5.94. The van der Waals surface area contributed by atoms with Gasteiger partial charge in [0.25, 0.3) is 0 Å². The molecule has 0 saturated carbocycles. The van der Waals surface area contributed by atoms with Crippen LogP contribution in [0.5, 0.6) is 0 Å². The molecule has 0 unspecified atom stereocenters. The maximum Gasteiger partial charge on any atom is 0.0994 e. The summed E-state index contributed by atoms with van der Waals surface area (Å²) in [5, 5.41) is 8.23. The van der Waals surface area contributed by atoms with Gasteiger partial charge in [-0.2, -0.15) is 0 Å². The van der Waals surface area contributed by atoms with Crippen molar-refractivity contribution in [2.45, 2.75) is 59.0 Å². The Morgan fingerprint density at radius 2 is 2.00 bits per heavy atom. The zero-order valence-electron chi connectivity index (χ0n) is 9.87. The number of rotatable bonds is 7. The van der Waals surface area contributed by atoms with Gasteiger partial charge in [0.05, 0.1) is 11.4 Å². The molecule has 1 aromatic rings. The van der Waals surface area contributed by atoms with Crippen molar-refractivity contribution in [3.8, 4) is 0 Å². The van der Waals surface area contributed by atoms with E-state index in [2.05, 4.69) is 24.2 Å². The SMILES string of the molecule is CCCCCCn1nnc(CN)c1CC. The lowest BCUT2D eigenvalue weighted by molar-refractivity contribution is 0.513. The molecule has 1 aromatic heterocycles. The molecule has 15 heavy (non-hydrogen) atoms. The van der Waals surface area contributed by atoms with Crippen molar-refractivity contribution in [1.29, 1.82) is 0 Å². The number of hydrogen-bond acceptors (Lipinski definition) is 3. The highest BCUT2D eigenvalue weighted by atomic mass is 15.4. The smallest absolute Gasteiger partial charge is 0.0994 e. The van der Waals surface area contributed by atoms with Gasteiger partial charge >= 0.3 is 0 Å². The predicted octanol–water partition coefficient (Wildman–Crippen LogP) is 1.88. The molecule has 0 spiro atoms. The fourth-order valence-electron chi connectivity index (χ4n) is 1.78. The lowest BCUT2D eigenvalue weighted by atomic mass is 10.2. The van der Waals surface area contributed by atoms with E-state index in [1.54, 1.807) is 0 Å². The Hall–Kier alpha value is -0.900. The van der Waals surface area contributed by atoms with Crippen molar-refractivity contribution in [1.82, 2.24) is 15.0 Å². The van der Waals surface area contributed by atoms with Crippen molar-refractivity contribution in [3.05, 3.63) is 11.4 Å². The second-order valence-corrected chi connectivity index (χ2v) is 3.82. The standard InChI is InChI=1S/C11H22N4/c1-3-5-6-7-8-15-11(4-2)10(9-12)13-14-15/h3-9,12H2,1-2H3. The molecule has 1 rings (SSSR count). The number of hydrogen-bond donors (Lipinski definition) is 1. The quantitative estimate of drug-likeness (QED) is 0.699. The molecular weight excluding hydrogens is 188 g/mol. The monoisotopic (exact) mass is 210 g/mol. The minimum absolute atomic E-state index is 0.498. The topological polar surface area (TPSA) is 56.7 Å². The molecule has 0 saturated heterocycles. The Bertz CT molecular complexity index is 280. The summed E-state index contributed by atoms with van der Waals surface area (Å²) in [5.41, 5.74) is 7.75. The van der Waals surface area contributed by atoms with E-state index >= 15 is 0 Å². The van der Waals surface area contributed by atoms with Crippen molar-refractivity contribution < 1.29 is 0 Å². The van der Waals surface area contributed by atoms with Crippen LogP contribution in [-0.2, 0) is 19.5 Å². The number of nitrogens with zero attached hydrogens (tertiary/aromatic N) is 3. The van der Waals surface area contributed by atoms with Crippen LogP contribution < -0.4 is 5.73 Å². The van der Waals surface area contributed by atoms with Gasteiger partial charge in [0.1, 0.15) is 0 Å². The number of aryl methyl sites for hydroxylation is 1. The first kappa shape index (κ1) is 12.2. The van der Waals surface area contributed by atoms with Crippen LogP contribution in [0.2, 0.25) is 0 Å². The highest BCUT2D eigenvalue weighted by Crippen LogP contribution is 2.08. The molecule has 0 aromatic carbocycles. The maximum absolute atomic E-state index is 5.60. The molecule has 1 heterocycles. The Morgan fingerprint density at radius 1 is 1.20 bits per heavy atom. The third-order valence-electron chi connectivity index (χ3n) is 2.67. The largest absolute Gasteiger partial charge is 0.325 e. The highest BCUT2D eigenvalue weighted by Gasteiger charge is 2.08. The van der Waals surface area contributed by atoms with Gasteiger partial charge in [-0.05, 0) is 12.8 Å². The first-order chi connectivity index (χ1) is 7.33. The lowest BCUT2D eigenvalue weighted by Gasteiger charge is -2.04. The van der Waals surface area contributed by atoms with Gasteiger partial charge in [-0.15, -0.1) is 5.10 Å². The van der Waals surface area contributed by atoms with Gasteiger partial charge in [0.15, 0.2) is 0 Å². The second-order valence-electron chi connectivity index (χ2n) is 3.82. The summed E-state index contributed by atoms with van der Waals surface area (Å²) in [7, 11) is 0. The van der Waals surface area contributed by atoms with E-state index in [0.29, 0.717) is 6.54 Å². The van der Waals surface area contributed by atoms with Crippen molar-refractivity contribution >= 4 is 0 Å². The average Bonchev–Trinajstić information content (AvgIpc) is 2.66. The summed E-state index contributed by atoms with van der Waals surface area (Å²) >= 11 is 0. The van der Waals surface area contributed by atoms with Gasteiger partial charge in [-0.3, -0.25) is 0 Å². The summed E-state index contributed by atoms with van der Waals surface area (Å²) in [4.78, 5) is 0. The molecule has 0 aliphatic rings. The molecule has 0 atom stereocenters. The predicted molar refractivity (Wildman–Crippen MR) is 61.4 cm³/mol. The summed E-state index contributed by atoms with van der Waals surface area (Å²) in [6, 6.07) is 0. The van der Waals surface area contributed by atoms with Crippen LogP contribution >= 0.6 is 0 Å². The van der Waals surface area contributed by atoms with Crippen LogP contribution in [0.15, 0.2) is 0 Å². The summed E-state index contributed by atoms with van der Waals surface area (Å²) in [6.45, 7) is 5.83. The summed E-state index contributed by atoms with van der Waals surface area (Å²) in [6.07, 6.45) is 6.00. The summed E-state index contributed by atoms with van der Waals surface area (Å²) in [5.74, 6) is 0. The molecule has 2 N–H and O–H groups in total. The van der Waals surface area contributed by atoms with E-state index in [0.717, 1.165) is 18.7 Å². The third kappa shape index (κ3) is 3.30. The number of aromatic nitrogens is 3. The van der Waals surface area contributed by atoms with E-state index < -0.39 is 0 Å². The van der Waals surface area contributed by atoms with Gasteiger partial charge in [0.2, 0.25) is 0 Å². The van der Waals surface area contributed by atoms with Crippen LogP contribution in [-0.4, -0.2) is 15.0 Å². The Morgan fingerprint density at radius 3 is 2.60 bits per heavy atom. The zero-order valence-corrected chi connectivity index (χ0v) is 9.87. The molecule has 0 bridgehead atoms. The van der Waals surface area contributed by atoms with Crippen LogP contribution in [0.1, 0.15) is 50.9 Å². The second kappa shape index (κ2) is 6.56. The van der Waals surface area contributed by atoms with Crippen molar-refractivity contribution in [2.24, 2.45) is 5.73 Å². The van der Waals surface area contributed by atoms with Crippen LogP contribution in [0.3, 0.4) is 0 Å². The molecule has 0 aliphatic carbocycles. The first-order valence-corrected chi connectivity index (χ1v) is 5.94. The minimum atomic E-state index is 0.498. The molecular formula is C11H22N4. The third-order valence-corrected chi connectivity index (χ3v) is 2.67. The normalized spacial score (nSPS) is 10.9. The highest BCUT2D eigenvalue weighted by molar-refractivity contribution is 5.09. The average molecular weight is 210 g/mol. The molecule has 0 aliphatic heterocycles. The van der Waals surface area contributed by atoms with Crippen LogP contribution in [0.4, 0.5) is 0 Å². The molecule has 0 amide bonds. The molecule has 0 fully saturated rings. The van der Waals surface area contributed by atoms with E-state index in [4.69, 9.17) is 5.73 Å². The molecule has 4 heteroatoms. The van der Waals surface area contributed by atoms with E-state index in [1.165, 1.54) is 31.4 Å².